The van der Waals surface area contributed by atoms with Gasteiger partial charge in [-0.3, -0.25) is 0 Å². The van der Waals surface area contributed by atoms with Crippen molar-refractivity contribution >= 4 is 34.4 Å². The Hall–Kier alpha value is -2.33. The van der Waals surface area contributed by atoms with Crippen molar-refractivity contribution in [1.29, 1.82) is 5.26 Å². The lowest BCUT2D eigenvalue weighted by molar-refractivity contribution is -0.137. The predicted octanol–water partition coefficient (Wildman–Crippen LogP) is 1.98. The summed E-state index contributed by atoms with van der Waals surface area (Å²) in [5.74, 6) is -1.24. The van der Waals surface area contributed by atoms with E-state index in [9.17, 15) is 9.59 Å². The molecule has 0 saturated heterocycles. The van der Waals surface area contributed by atoms with Crippen molar-refractivity contribution in [3.8, 4) is 6.07 Å². The topological polar surface area (TPSA) is 102 Å². The fraction of sp³-hybridized carbons (Fsp3) is 0.308. The number of rotatable bonds is 5. The van der Waals surface area contributed by atoms with Gasteiger partial charge in [-0.1, -0.05) is 0 Å². The normalized spacial score (nSPS) is 10.8. The fourth-order valence-electron chi connectivity index (χ4n) is 1.35. The van der Waals surface area contributed by atoms with E-state index in [0.717, 1.165) is 11.3 Å². The number of thiophene rings is 1. The molecule has 0 spiro atoms. The van der Waals surface area contributed by atoms with Crippen LogP contribution in [0.5, 0.6) is 0 Å². The second-order valence-electron chi connectivity index (χ2n) is 3.54. The zero-order valence-electron chi connectivity index (χ0n) is 11.1. The van der Waals surface area contributed by atoms with Crippen LogP contribution in [0.15, 0.2) is 11.6 Å². The molecule has 0 amide bonds. The van der Waals surface area contributed by atoms with Gasteiger partial charge in [0.25, 0.3) is 0 Å². The number of hydrogen-bond acceptors (Lipinski definition) is 7. The summed E-state index contributed by atoms with van der Waals surface area (Å²) in [5, 5.41) is 9.19. The summed E-state index contributed by atoms with van der Waals surface area (Å²) in [7, 11) is 0. The second kappa shape index (κ2) is 7.31. The lowest BCUT2D eigenvalue weighted by Gasteiger charge is -1.98. The summed E-state index contributed by atoms with van der Waals surface area (Å²) in [5.41, 5.74) is 5.79. The molecule has 106 valence electrons. The van der Waals surface area contributed by atoms with Gasteiger partial charge in [0, 0.05) is 4.88 Å². The SMILES string of the molecule is CCOC(=O)/C(C#N)=C/c1cc(C(=O)OCC)c(N)s1. The third-order valence-electron chi connectivity index (χ3n) is 2.18. The maximum Gasteiger partial charge on any atom is 0.348 e. The van der Waals surface area contributed by atoms with Crippen LogP contribution in [0.1, 0.15) is 29.1 Å². The summed E-state index contributed by atoms with van der Waals surface area (Å²) in [6, 6.07) is 3.24. The molecule has 1 heterocycles. The summed E-state index contributed by atoms with van der Waals surface area (Å²) in [4.78, 5) is 23.6. The standard InChI is InChI=1S/C13H14N2O4S/c1-3-18-12(16)8(7-14)5-9-6-10(11(15)20-9)13(17)19-4-2/h5-6H,3-4,15H2,1-2H3/b8-5+. The molecule has 0 aliphatic heterocycles. The number of anilines is 1. The molecule has 1 aromatic heterocycles. The van der Waals surface area contributed by atoms with Crippen LogP contribution in [0.25, 0.3) is 6.08 Å². The van der Waals surface area contributed by atoms with Gasteiger partial charge in [-0.05, 0) is 26.0 Å². The van der Waals surface area contributed by atoms with E-state index in [1.165, 1.54) is 12.1 Å². The van der Waals surface area contributed by atoms with Gasteiger partial charge in [0.1, 0.15) is 16.6 Å². The van der Waals surface area contributed by atoms with Crippen molar-refractivity contribution in [2.75, 3.05) is 18.9 Å². The Morgan fingerprint density at radius 3 is 2.60 bits per heavy atom. The highest BCUT2D eigenvalue weighted by atomic mass is 32.1. The molecule has 0 saturated carbocycles. The van der Waals surface area contributed by atoms with Gasteiger partial charge in [-0.2, -0.15) is 5.26 Å². The molecule has 0 bridgehead atoms. The second-order valence-corrected chi connectivity index (χ2v) is 4.65. The number of nitrogen functional groups attached to an aromatic ring is 1. The molecule has 20 heavy (non-hydrogen) atoms. The highest BCUT2D eigenvalue weighted by Crippen LogP contribution is 2.27. The molecule has 0 atom stereocenters. The Morgan fingerprint density at radius 1 is 1.40 bits per heavy atom. The molecular formula is C13H14N2O4S. The highest BCUT2D eigenvalue weighted by molar-refractivity contribution is 7.17. The lowest BCUT2D eigenvalue weighted by atomic mass is 10.2. The van der Waals surface area contributed by atoms with Crippen LogP contribution >= 0.6 is 11.3 Å². The van der Waals surface area contributed by atoms with Crippen molar-refractivity contribution < 1.29 is 19.1 Å². The molecule has 7 heteroatoms. The van der Waals surface area contributed by atoms with Crippen LogP contribution in [0, 0.1) is 11.3 Å². The molecule has 0 unspecified atom stereocenters. The summed E-state index contributed by atoms with van der Waals surface area (Å²) in [6.07, 6.45) is 1.34. The van der Waals surface area contributed by atoms with Crippen LogP contribution < -0.4 is 5.73 Å². The van der Waals surface area contributed by atoms with Crippen molar-refractivity contribution in [2.24, 2.45) is 0 Å². The first-order valence-corrected chi connectivity index (χ1v) is 6.70. The number of nitrogens with two attached hydrogens (primary N) is 1. The molecule has 1 rings (SSSR count). The fourth-order valence-corrected chi connectivity index (χ4v) is 2.21. The lowest BCUT2D eigenvalue weighted by Crippen LogP contribution is -2.06. The number of carbonyl (C=O) groups excluding carboxylic acids is 2. The van der Waals surface area contributed by atoms with Crippen LogP contribution in [0.2, 0.25) is 0 Å². The van der Waals surface area contributed by atoms with Gasteiger partial charge in [0.15, 0.2) is 0 Å². The largest absolute Gasteiger partial charge is 0.462 e. The van der Waals surface area contributed by atoms with Crippen molar-refractivity contribution in [2.45, 2.75) is 13.8 Å². The van der Waals surface area contributed by atoms with Gasteiger partial charge in [-0.15, -0.1) is 11.3 Å². The number of hydrogen-bond donors (Lipinski definition) is 1. The minimum Gasteiger partial charge on any atom is -0.462 e. The quantitative estimate of drug-likeness (QED) is 0.506. The highest BCUT2D eigenvalue weighted by Gasteiger charge is 2.16. The third kappa shape index (κ3) is 3.83. The first-order valence-electron chi connectivity index (χ1n) is 5.88. The molecule has 0 fully saturated rings. The molecule has 0 aromatic carbocycles. The predicted molar refractivity (Wildman–Crippen MR) is 74.9 cm³/mol. The summed E-state index contributed by atoms with van der Waals surface area (Å²) >= 11 is 1.09. The van der Waals surface area contributed by atoms with E-state index >= 15 is 0 Å². The Bertz CT molecular complexity index is 584. The van der Waals surface area contributed by atoms with E-state index in [0.29, 0.717) is 4.88 Å². The molecule has 6 nitrogen and oxygen atoms in total. The molecule has 0 radical (unpaired) electrons. The minimum atomic E-state index is -0.709. The minimum absolute atomic E-state index is 0.150. The average Bonchev–Trinajstić information content (AvgIpc) is 2.77. The first-order chi connectivity index (χ1) is 9.53. The number of carbonyl (C=O) groups is 2. The first kappa shape index (κ1) is 15.7. The maximum absolute atomic E-state index is 11.6. The van der Waals surface area contributed by atoms with Gasteiger partial charge < -0.3 is 15.2 Å². The molecule has 1 aromatic rings. The van der Waals surface area contributed by atoms with E-state index in [1.54, 1.807) is 19.9 Å². The Labute approximate surface area is 120 Å². The smallest absolute Gasteiger partial charge is 0.348 e. The van der Waals surface area contributed by atoms with Gasteiger partial charge in [-0.25, -0.2) is 9.59 Å². The van der Waals surface area contributed by atoms with E-state index < -0.39 is 11.9 Å². The molecule has 0 aliphatic carbocycles. The average molecular weight is 294 g/mol. The van der Waals surface area contributed by atoms with Crippen LogP contribution in [0.3, 0.4) is 0 Å². The third-order valence-corrected chi connectivity index (χ3v) is 3.09. The van der Waals surface area contributed by atoms with E-state index in [1.807, 2.05) is 0 Å². The summed E-state index contributed by atoms with van der Waals surface area (Å²) < 4.78 is 9.59. The number of nitriles is 1. The van der Waals surface area contributed by atoms with Gasteiger partial charge in [0.2, 0.25) is 0 Å². The zero-order chi connectivity index (χ0) is 15.1. The Morgan fingerprint density at radius 2 is 2.05 bits per heavy atom. The number of nitrogens with zero attached hydrogens (tertiary/aromatic N) is 1. The Balaban J connectivity index is 3.04. The van der Waals surface area contributed by atoms with Crippen molar-refractivity contribution in [1.82, 2.24) is 0 Å². The van der Waals surface area contributed by atoms with E-state index in [2.05, 4.69) is 0 Å². The molecular weight excluding hydrogens is 280 g/mol. The maximum atomic E-state index is 11.6. The van der Waals surface area contributed by atoms with Gasteiger partial charge in [0.05, 0.1) is 18.8 Å². The van der Waals surface area contributed by atoms with Crippen LogP contribution in [-0.2, 0) is 14.3 Å². The van der Waals surface area contributed by atoms with Crippen LogP contribution in [-0.4, -0.2) is 25.2 Å². The van der Waals surface area contributed by atoms with Crippen molar-refractivity contribution in [3.05, 3.63) is 22.1 Å². The number of esters is 2. The number of ether oxygens (including phenoxy) is 2. The monoisotopic (exact) mass is 294 g/mol. The zero-order valence-corrected chi connectivity index (χ0v) is 12.0. The van der Waals surface area contributed by atoms with Crippen LogP contribution in [0.4, 0.5) is 5.00 Å². The molecule has 0 aliphatic rings. The van der Waals surface area contributed by atoms with E-state index in [4.69, 9.17) is 20.5 Å². The Kier molecular flexibility index (Phi) is 5.74. The van der Waals surface area contributed by atoms with Crippen molar-refractivity contribution in [3.63, 3.8) is 0 Å². The summed E-state index contributed by atoms with van der Waals surface area (Å²) in [6.45, 7) is 3.76. The van der Waals surface area contributed by atoms with Gasteiger partial charge >= 0.3 is 11.9 Å². The molecule has 2 N–H and O–H groups in total. The van der Waals surface area contributed by atoms with E-state index in [-0.39, 0.29) is 29.4 Å².